The maximum absolute atomic E-state index is 11.0. The van der Waals surface area contributed by atoms with E-state index in [1.807, 2.05) is 0 Å². The van der Waals surface area contributed by atoms with Crippen molar-refractivity contribution in [1.82, 2.24) is 10.6 Å². The number of aliphatic carboxylic acids is 1. The lowest BCUT2D eigenvalue weighted by atomic mass is 10.4. The van der Waals surface area contributed by atoms with Crippen LogP contribution in [-0.2, 0) is 14.8 Å². The van der Waals surface area contributed by atoms with Crippen molar-refractivity contribution in [3.05, 3.63) is 0 Å². The second-order valence-electron chi connectivity index (χ2n) is 3.21. The van der Waals surface area contributed by atoms with Crippen LogP contribution in [0.1, 0.15) is 6.42 Å². The van der Waals surface area contributed by atoms with Gasteiger partial charge >= 0.3 is 12.0 Å². The number of primary sulfonamides is 1. The van der Waals surface area contributed by atoms with E-state index in [-0.39, 0.29) is 18.7 Å². The second kappa shape index (κ2) is 7.04. The van der Waals surface area contributed by atoms with Gasteiger partial charge in [0, 0.05) is 6.54 Å². The van der Waals surface area contributed by atoms with Crippen LogP contribution < -0.4 is 15.8 Å². The summed E-state index contributed by atoms with van der Waals surface area (Å²) in [6, 6.07) is -0.695. The Morgan fingerprint density at radius 1 is 1.29 bits per heavy atom. The predicted molar refractivity (Wildman–Crippen MR) is 57.6 cm³/mol. The Hall–Kier alpha value is -1.39. The Bertz CT molecular complexity index is 368. The summed E-state index contributed by atoms with van der Waals surface area (Å²) >= 11 is 0. The molecule has 0 aliphatic rings. The van der Waals surface area contributed by atoms with Crippen LogP contribution in [-0.4, -0.2) is 55.6 Å². The quantitative estimate of drug-likeness (QED) is 0.319. The van der Waals surface area contributed by atoms with E-state index in [2.05, 4.69) is 10.6 Å². The van der Waals surface area contributed by atoms with Gasteiger partial charge in [-0.3, -0.25) is 0 Å². The summed E-state index contributed by atoms with van der Waals surface area (Å²) in [4.78, 5) is 21.2. The van der Waals surface area contributed by atoms with Gasteiger partial charge in [0.15, 0.2) is 6.10 Å². The standard InChI is InChI=1S/C7H15N3O6S/c8-17(15,16)3-1-2-9-7(14)10-4-5(11)6(12)13/h5,11H,1-4H2,(H,12,13)(H2,8,15,16)(H2,9,10,14). The minimum absolute atomic E-state index is 0.0748. The van der Waals surface area contributed by atoms with Crippen molar-refractivity contribution < 1.29 is 28.2 Å². The van der Waals surface area contributed by atoms with Crippen molar-refractivity contribution in [3.63, 3.8) is 0 Å². The number of sulfonamides is 1. The third-order valence-corrected chi connectivity index (χ3v) is 2.49. The highest BCUT2D eigenvalue weighted by Crippen LogP contribution is 1.84. The minimum Gasteiger partial charge on any atom is -0.479 e. The molecule has 0 heterocycles. The number of carbonyl (C=O) groups is 2. The lowest BCUT2D eigenvalue weighted by molar-refractivity contribution is -0.146. The van der Waals surface area contributed by atoms with Gasteiger partial charge in [-0.25, -0.2) is 23.1 Å². The molecule has 100 valence electrons. The number of amides is 2. The molecule has 0 aliphatic heterocycles. The number of carboxylic acids is 1. The average molecular weight is 269 g/mol. The normalized spacial score (nSPS) is 12.8. The van der Waals surface area contributed by atoms with Crippen molar-refractivity contribution >= 4 is 22.0 Å². The Morgan fingerprint density at radius 2 is 1.88 bits per heavy atom. The molecule has 0 aromatic carbocycles. The summed E-state index contributed by atoms with van der Waals surface area (Å²) in [6.45, 7) is -0.359. The highest BCUT2D eigenvalue weighted by atomic mass is 32.2. The van der Waals surface area contributed by atoms with Crippen LogP contribution in [0.2, 0.25) is 0 Å². The molecule has 0 fully saturated rings. The molecule has 0 saturated carbocycles. The fraction of sp³-hybridized carbons (Fsp3) is 0.714. The maximum atomic E-state index is 11.0. The second-order valence-corrected chi connectivity index (χ2v) is 4.95. The van der Waals surface area contributed by atoms with Crippen molar-refractivity contribution in [2.45, 2.75) is 12.5 Å². The first-order valence-corrected chi connectivity index (χ1v) is 6.37. The Labute approximate surface area is 98.0 Å². The number of hydrogen-bond donors (Lipinski definition) is 5. The zero-order valence-corrected chi connectivity index (χ0v) is 9.74. The monoisotopic (exact) mass is 269 g/mol. The first kappa shape index (κ1) is 15.6. The van der Waals surface area contributed by atoms with Crippen LogP contribution in [0.5, 0.6) is 0 Å². The molecule has 0 rings (SSSR count). The Morgan fingerprint density at radius 3 is 2.35 bits per heavy atom. The topological polar surface area (TPSA) is 159 Å². The van der Waals surface area contributed by atoms with Gasteiger partial charge < -0.3 is 20.8 Å². The fourth-order valence-corrected chi connectivity index (χ4v) is 1.36. The van der Waals surface area contributed by atoms with E-state index < -0.39 is 34.7 Å². The smallest absolute Gasteiger partial charge is 0.334 e. The summed E-state index contributed by atoms with van der Waals surface area (Å²) in [7, 11) is -3.55. The van der Waals surface area contributed by atoms with E-state index in [0.29, 0.717) is 0 Å². The molecule has 0 aromatic heterocycles. The summed E-state index contributed by atoms with van der Waals surface area (Å²) in [6.07, 6.45) is -1.53. The molecule has 6 N–H and O–H groups in total. The van der Waals surface area contributed by atoms with Gasteiger partial charge in [-0.2, -0.15) is 0 Å². The number of hydrogen-bond acceptors (Lipinski definition) is 5. The summed E-state index contributed by atoms with van der Waals surface area (Å²) < 4.78 is 21.0. The molecule has 0 saturated heterocycles. The van der Waals surface area contributed by atoms with Crippen molar-refractivity contribution in [1.29, 1.82) is 0 Å². The van der Waals surface area contributed by atoms with Crippen molar-refractivity contribution in [2.75, 3.05) is 18.8 Å². The first-order chi connectivity index (χ1) is 7.72. The van der Waals surface area contributed by atoms with E-state index in [1.54, 1.807) is 0 Å². The fourth-order valence-electron chi connectivity index (χ4n) is 0.814. The van der Waals surface area contributed by atoms with E-state index in [0.717, 1.165) is 0 Å². The molecular weight excluding hydrogens is 254 g/mol. The SMILES string of the molecule is NS(=O)(=O)CCCNC(=O)NCC(O)C(=O)O. The number of aliphatic hydroxyl groups excluding tert-OH is 1. The van der Waals surface area contributed by atoms with Crippen molar-refractivity contribution in [3.8, 4) is 0 Å². The number of carboxylic acid groups (broad SMARTS) is 1. The summed E-state index contributed by atoms with van der Waals surface area (Å²) in [5.41, 5.74) is 0. The maximum Gasteiger partial charge on any atom is 0.334 e. The van der Waals surface area contributed by atoms with E-state index in [9.17, 15) is 18.0 Å². The molecule has 1 unspecified atom stereocenters. The molecule has 0 radical (unpaired) electrons. The Kier molecular flexibility index (Phi) is 6.46. The van der Waals surface area contributed by atoms with Gasteiger partial charge in [0.2, 0.25) is 10.0 Å². The highest BCUT2D eigenvalue weighted by molar-refractivity contribution is 7.89. The molecule has 2 amide bonds. The molecule has 0 aliphatic carbocycles. The number of rotatable bonds is 7. The third kappa shape index (κ3) is 9.53. The van der Waals surface area contributed by atoms with Gasteiger partial charge in [-0.15, -0.1) is 0 Å². The zero-order valence-electron chi connectivity index (χ0n) is 8.92. The third-order valence-electron chi connectivity index (χ3n) is 1.63. The van der Waals surface area contributed by atoms with Crippen LogP contribution in [0.4, 0.5) is 4.79 Å². The number of urea groups is 1. The Balaban J connectivity index is 3.64. The van der Waals surface area contributed by atoms with E-state index in [1.165, 1.54) is 0 Å². The van der Waals surface area contributed by atoms with Gasteiger partial charge in [-0.1, -0.05) is 0 Å². The van der Waals surface area contributed by atoms with Crippen LogP contribution in [0.3, 0.4) is 0 Å². The molecule has 10 heteroatoms. The van der Waals surface area contributed by atoms with E-state index in [4.69, 9.17) is 15.4 Å². The number of nitrogens with two attached hydrogens (primary N) is 1. The van der Waals surface area contributed by atoms with E-state index >= 15 is 0 Å². The largest absolute Gasteiger partial charge is 0.479 e. The van der Waals surface area contributed by atoms with Crippen LogP contribution in [0.25, 0.3) is 0 Å². The summed E-state index contributed by atoms with van der Waals surface area (Å²) in [5.74, 6) is -1.70. The predicted octanol–water partition coefficient (Wildman–Crippen LogP) is -2.59. The number of aliphatic hydroxyl groups is 1. The lowest BCUT2D eigenvalue weighted by Gasteiger charge is -2.08. The molecule has 1 atom stereocenters. The molecule has 9 nitrogen and oxygen atoms in total. The first-order valence-electron chi connectivity index (χ1n) is 4.65. The van der Waals surface area contributed by atoms with Crippen LogP contribution in [0, 0.1) is 0 Å². The van der Waals surface area contributed by atoms with Gasteiger partial charge in [0.05, 0.1) is 12.3 Å². The average Bonchev–Trinajstić information content (AvgIpc) is 2.19. The van der Waals surface area contributed by atoms with Crippen LogP contribution in [0.15, 0.2) is 0 Å². The van der Waals surface area contributed by atoms with Gasteiger partial charge in [-0.05, 0) is 6.42 Å². The number of carbonyl (C=O) groups excluding carboxylic acids is 1. The van der Waals surface area contributed by atoms with Gasteiger partial charge in [0.25, 0.3) is 0 Å². The van der Waals surface area contributed by atoms with Gasteiger partial charge in [0.1, 0.15) is 0 Å². The molecule has 0 bridgehead atoms. The molecular formula is C7H15N3O6S. The molecule has 0 spiro atoms. The minimum atomic E-state index is -3.55. The highest BCUT2D eigenvalue weighted by Gasteiger charge is 2.13. The number of nitrogens with one attached hydrogen (secondary N) is 2. The molecule has 0 aromatic rings. The van der Waals surface area contributed by atoms with Crippen LogP contribution >= 0.6 is 0 Å². The zero-order chi connectivity index (χ0) is 13.5. The lowest BCUT2D eigenvalue weighted by Crippen LogP contribution is -2.42. The summed E-state index contributed by atoms with van der Waals surface area (Å²) in [5, 5.41) is 26.2. The molecule has 17 heavy (non-hydrogen) atoms. The van der Waals surface area contributed by atoms with Crippen molar-refractivity contribution in [2.24, 2.45) is 5.14 Å².